The zero-order valence-electron chi connectivity index (χ0n) is 59.3. The van der Waals surface area contributed by atoms with E-state index in [0.717, 1.165) is 77.0 Å². The fourth-order valence-corrected chi connectivity index (χ4v) is 12.1. The van der Waals surface area contributed by atoms with E-state index in [1.54, 1.807) is 6.08 Å². The van der Waals surface area contributed by atoms with Crippen LogP contribution in [0.5, 0.6) is 0 Å². The van der Waals surface area contributed by atoms with Crippen molar-refractivity contribution in [1.82, 2.24) is 5.32 Å². The molecule has 1 aliphatic rings. The lowest BCUT2D eigenvalue weighted by Crippen LogP contribution is -2.60. The van der Waals surface area contributed by atoms with Crippen LogP contribution in [0.1, 0.15) is 361 Å². The maximum absolute atomic E-state index is 13.2. The molecule has 91 heavy (non-hydrogen) atoms. The summed E-state index contributed by atoms with van der Waals surface area (Å²) < 4.78 is 11.3. The average molecular weight is 1280 g/mol. The number of hydrogen-bond acceptors (Lipinski definition) is 8. The number of carbonyl (C=O) groups excluding carboxylic acids is 1. The third-order valence-corrected chi connectivity index (χ3v) is 18.1. The molecule has 528 valence electrons. The molecule has 0 radical (unpaired) electrons. The van der Waals surface area contributed by atoms with Crippen molar-refractivity contribution in [3.63, 3.8) is 0 Å². The van der Waals surface area contributed by atoms with E-state index in [1.165, 1.54) is 263 Å². The molecule has 0 saturated carbocycles. The number of rotatable bonds is 68. The Morgan fingerprint density at radius 2 is 0.692 bits per heavy atom. The van der Waals surface area contributed by atoms with Crippen molar-refractivity contribution in [3.8, 4) is 0 Å². The van der Waals surface area contributed by atoms with Gasteiger partial charge in [-0.15, -0.1) is 0 Å². The predicted molar refractivity (Wildman–Crippen MR) is 391 cm³/mol. The van der Waals surface area contributed by atoms with Gasteiger partial charge in [0.1, 0.15) is 24.4 Å². The SMILES string of the molecule is CC/C=C\C/C=C\C/C=C\C/C=C\C/C=C\CCCCCCCCCCCCCCCCCCCCCCCCCCCC(=O)NC(COC1OC(CO)C(O)C(O)C1O)C(O)/C=C/CC/C=C/CC/C=C/CCCCCCCCCCCCCCCCCCC. The van der Waals surface area contributed by atoms with Crippen molar-refractivity contribution in [2.24, 2.45) is 0 Å². The van der Waals surface area contributed by atoms with Crippen LogP contribution in [-0.2, 0) is 14.3 Å². The van der Waals surface area contributed by atoms with Crippen molar-refractivity contribution >= 4 is 5.91 Å². The van der Waals surface area contributed by atoms with Gasteiger partial charge in [0.05, 0.1) is 25.4 Å². The fourth-order valence-electron chi connectivity index (χ4n) is 12.1. The minimum atomic E-state index is -1.58. The highest BCUT2D eigenvalue weighted by Gasteiger charge is 2.44. The highest BCUT2D eigenvalue weighted by atomic mass is 16.7. The summed E-state index contributed by atoms with van der Waals surface area (Å²) in [7, 11) is 0. The number of carbonyl (C=O) groups is 1. The Labute approximate surface area is 562 Å². The summed E-state index contributed by atoms with van der Waals surface area (Å²) in [4.78, 5) is 13.2. The second kappa shape index (κ2) is 69.9. The lowest BCUT2D eigenvalue weighted by atomic mass is 9.99. The summed E-state index contributed by atoms with van der Waals surface area (Å²) in [6.45, 7) is 3.69. The van der Waals surface area contributed by atoms with Gasteiger partial charge in [-0.3, -0.25) is 4.79 Å². The van der Waals surface area contributed by atoms with Gasteiger partial charge >= 0.3 is 0 Å². The van der Waals surface area contributed by atoms with E-state index >= 15 is 0 Å². The van der Waals surface area contributed by atoms with Crippen LogP contribution in [0.15, 0.2) is 97.2 Å². The second-order valence-corrected chi connectivity index (χ2v) is 26.8. The Bertz CT molecular complexity index is 1770. The molecule has 0 spiro atoms. The number of hydrogen-bond donors (Lipinski definition) is 6. The number of nitrogens with one attached hydrogen (secondary N) is 1. The van der Waals surface area contributed by atoms with Crippen molar-refractivity contribution in [2.45, 2.75) is 403 Å². The topological polar surface area (TPSA) is 149 Å². The summed E-state index contributed by atoms with van der Waals surface area (Å²) in [5.41, 5.74) is 0. The Kier molecular flexibility index (Phi) is 66.2. The first-order chi connectivity index (χ1) is 44.8. The quantitative estimate of drug-likeness (QED) is 0.0261. The molecule has 6 N–H and O–H groups in total. The van der Waals surface area contributed by atoms with Gasteiger partial charge in [0, 0.05) is 6.42 Å². The maximum atomic E-state index is 13.2. The van der Waals surface area contributed by atoms with E-state index in [1.807, 2.05) is 6.08 Å². The molecule has 0 bridgehead atoms. The molecular weight excluding hydrogens is 1130 g/mol. The van der Waals surface area contributed by atoms with Crippen molar-refractivity contribution in [1.29, 1.82) is 0 Å². The number of aliphatic hydroxyl groups is 5. The molecule has 0 aromatic carbocycles. The number of ether oxygens (including phenoxy) is 2. The van der Waals surface area contributed by atoms with Crippen molar-refractivity contribution in [2.75, 3.05) is 13.2 Å². The average Bonchev–Trinajstić information content (AvgIpc) is 1.58. The molecule has 7 atom stereocenters. The van der Waals surface area contributed by atoms with E-state index in [2.05, 4.69) is 104 Å². The maximum Gasteiger partial charge on any atom is 0.220 e. The molecule has 7 unspecified atom stereocenters. The minimum absolute atomic E-state index is 0.186. The highest BCUT2D eigenvalue weighted by Crippen LogP contribution is 2.23. The van der Waals surface area contributed by atoms with Gasteiger partial charge in [0.2, 0.25) is 5.91 Å². The monoisotopic (exact) mass is 1270 g/mol. The minimum Gasteiger partial charge on any atom is -0.394 e. The Morgan fingerprint density at radius 1 is 0.385 bits per heavy atom. The third kappa shape index (κ3) is 58.2. The second-order valence-electron chi connectivity index (χ2n) is 26.8. The van der Waals surface area contributed by atoms with Gasteiger partial charge in [0.25, 0.3) is 0 Å². The van der Waals surface area contributed by atoms with E-state index in [4.69, 9.17) is 9.47 Å². The molecular formula is C82H147NO8. The smallest absolute Gasteiger partial charge is 0.220 e. The lowest BCUT2D eigenvalue weighted by molar-refractivity contribution is -0.302. The zero-order valence-corrected chi connectivity index (χ0v) is 59.3. The van der Waals surface area contributed by atoms with E-state index in [0.29, 0.717) is 6.42 Å². The van der Waals surface area contributed by atoms with Crippen LogP contribution in [0.3, 0.4) is 0 Å². The first-order valence-corrected chi connectivity index (χ1v) is 39.0. The van der Waals surface area contributed by atoms with E-state index in [-0.39, 0.29) is 12.5 Å². The van der Waals surface area contributed by atoms with Gasteiger partial charge in [0.15, 0.2) is 6.29 Å². The van der Waals surface area contributed by atoms with Crippen LogP contribution in [0.4, 0.5) is 0 Å². The summed E-state index contributed by atoms with van der Waals surface area (Å²) in [5, 5.41) is 54.8. The lowest BCUT2D eigenvalue weighted by Gasteiger charge is -2.40. The third-order valence-electron chi connectivity index (χ3n) is 18.1. The molecule has 1 amide bonds. The van der Waals surface area contributed by atoms with Crippen LogP contribution in [-0.4, -0.2) is 87.5 Å². The highest BCUT2D eigenvalue weighted by molar-refractivity contribution is 5.76. The Balaban J connectivity index is 2.08. The van der Waals surface area contributed by atoms with Crippen LogP contribution in [0.2, 0.25) is 0 Å². The van der Waals surface area contributed by atoms with E-state index < -0.39 is 49.5 Å². The largest absolute Gasteiger partial charge is 0.394 e. The van der Waals surface area contributed by atoms with Crippen LogP contribution < -0.4 is 5.32 Å². The number of allylic oxidation sites excluding steroid dienone is 15. The van der Waals surface area contributed by atoms with Gasteiger partial charge in [-0.05, 0) is 89.9 Å². The molecule has 1 heterocycles. The van der Waals surface area contributed by atoms with E-state index in [9.17, 15) is 30.3 Å². The van der Waals surface area contributed by atoms with Crippen LogP contribution >= 0.6 is 0 Å². The molecule has 1 saturated heterocycles. The number of amides is 1. The summed E-state index contributed by atoms with van der Waals surface area (Å²) in [5.74, 6) is -0.186. The summed E-state index contributed by atoms with van der Waals surface area (Å²) >= 11 is 0. The molecule has 0 aromatic heterocycles. The molecule has 0 aromatic rings. The van der Waals surface area contributed by atoms with Crippen LogP contribution in [0, 0.1) is 0 Å². The van der Waals surface area contributed by atoms with Gasteiger partial charge in [-0.2, -0.15) is 0 Å². The summed E-state index contributed by atoms with van der Waals surface area (Å²) in [6.07, 6.45) is 95.5. The first kappa shape index (κ1) is 86.1. The Morgan fingerprint density at radius 3 is 1.05 bits per heavy atom. The zero-order chi connectivity index (χ0) is 65.7. The van der Waals surface area contributed by atoms with Gasteiger partial charge < -0.3 is 40.3 Å². The van der Waals surface area contributed by atoms with Gasteiger partial charge in [-0.25, -0.2) is 0 Å². The standard InChI is InChI=1S/C82H147NO8/c1-3-5-7-9-11-13-15-17-19-21-23-25-27-29-31-32-33-34-35-36-37-38-39-40-41-42-43-44-46-48-50-52-54-56-58-60-62-64-66-68-70-72-78(86)83-75(74-90-82-81(89)80(88)79(87)77(73-84)91-82)76(85)71-69-67-65-63-61-59-57-55-53-51-49-47-45-30-28-26-24-22-20-18-16-14-12-10-8-6-4-2/h5,7,11,13,17,19,23,25,29,31,53,55,61,63,69,71,75-77,79-82,84-85,87-89H,3-4,6,8-10,12,14-16,18,20-22,24,26-28,30,32-52,54,56-60,62,64-68,70,72-74H2,1-2H3,(H,83,86)/b7-5-,13-11-,19-17-,25-23-,31-29-,55-53+,63-61+,71-69+. The number of unbranched alkanes of at least 4 members (excludes halogenated alkanes) is 44. The fraction of sp³-hybridized carbons (Fsp3) is 0.793. The van der Waals surface area contributed by atoms with Gasteiger partial charge in [-0.1, -0.05) is 361 Å². The molecule has 0 aliphatic carbocycles. The van der Waals surface area contributed by atoms with Crippen molar-refractivity contribution < 1.29 is 39.8 Å². The Hall–Kier alpha value is -2.89. The molecule has 1 rings (SSSR count). The molecule has 1 fully saturated rings. The van der Waals surface area contributed by atoms with Crippen molar-refractivity contribution in [3.05, 3.63) is 97.2 Å². The van der Waals surface area contributed by atoms with Crippen LogP contribution in [0.25, 0.3) is 0 Å². The molecule has 1 aliphatic heterocycles. The molecule has 9 nitrogen and oxygen atoms in total. The first-order valence-electron chi connectivity index (χ1n) is 39.0. The number of aliphatic hydroxyl groups excluding tert-OH is 5. The normalized spacial score (nSPS) is 18.3. The molecule has 9 heteroatoms. The summed E-state index contributed by atoms with van der Waals surface area (Å²) in [6, 6.07) is -0.832. The predicted octanol–water partition coefficient (Wildman–Crippen LogP) is 22.2.